The van der Waals surface area contributed by atoms with Crippen LogP contribution in [0, 0.1) is 11.8 Å². The fourth-order valence-electron chi connectivity index (χ4n) is 2.25. The third-order valence-corrected chi connectivity index (χ3v) is 4.18. The molecular weight excluding hydrogens is 206 g/mol. The quantitative estimate of drug-likeness (QED) is 0.498. The van der Waals surface area contributed by atoms with E-state index in [2.05, 4.69) is 27.7 Å². The molecule has 0 radical (unpaired) electrons. The van der Waals surface area contributed by atoms with Gasteiger partial charge in [-0.1, -0.05) is 66.2 Å². The first-order chi connectivity index (χ1) is 8.11. The van der Waals surface area contributed by atoms with E-state index in [1.807, 2.05) is 0 Å². The highest BCUT2D eigenvalue weighted by atomic mass is 14.6. The summed E-state index contributed by atoms with van der Waals surface area (Å²) in [6.45, 7) is 9.21. The lowest BCUT2D eigenvalue weighted by Gasteiger charge is -2.21. The van der Waals surface area contributed by atoms with E-state index in [0.29, 0.717) is 12.0 Å². The third-order valence-electron chi connectivity index (χ3n) is 4.18. The topological polar surface area (TPSA) is 26.0 Å². The van der Waals surface area contributed by atoms with E-state index < -0.39 is 0 Å². The Hall–Kier alpha value is -0.0400. The summed E-state index contributed by atoms with van der Waals surface area (Å²) < 4.78 is 0. The molecule has 0 amide bonds. The zero-order valence-electron chi connectivity index (χ0n) is 12.7. The molecule has 0 aliphatic heterocycles. The van der Waals surface area contributed by atoms with Crippen molar-refractivity contribution >= 4 is 0 Å². The van der Waals surface area contributed by atoms with E-state index in [1.165, 1.54) is 57.8 Å². The maximum absolute atomic E-state index is 6.26. The highest BCUT2D eigenvalue weighted by Crippen LogP contribution is 2.19. The highest BCUT2D eigenvalue weighted by Gasteiger charge is 2.13. The molecule has 3 atom stereocenters. The summed E-state index contributed by atoms with van der Waals surface area (Å²) in [5.74, 6) is 1.55. The molecule has 0 fully saturated rings. The monoisotopic (exact) mass is 241 g/mol. The molecule has 0 rings (SSSR count). The van der Waals surface area contributed by atoms with Crippen LogP contribution in [0.5, 0.6) is 0 Å². The van der Waals surface area contributed by atoms with Crippen LogP contribution in [0.4, 0.5) is 0 Å². The maximum Gasteiger partial charge on any atom is 0.00646 e. The number of nitrogens with two attached hydrogens (primary N) is 1. The van der Waals surface area contributed by atoms with E-state index in [4.69, 9.17) is 5.73 Å². The predicted octanol–water partition coefficient (Wildman–Crippen LogP) is 5.14. The second kappa shape index (κ2) is 11.1. The molecule has 0 spiro atoms. The summed E-state index contributed by atoms with van der Waals surface area (Å²) in [5.41, 5.74) is 6.26. The van der Waals surface area contributed by atoms with Gasteiger partial charge in [-0.3, -0.25) is 0 Å². The Morgan fingerprint density at radius 2 is 1.47 bits per heavy atom. The summed E-state index contributed by atoms with van der Waals surface area (Å²) in [6.07, 6.45) is 12.0. The van der Waals surface area contributed by atoms with Crippen LogP contribution in [-0.2, 0) is 0 Å². The number of rotatable bonds is 11. The van der Waals surface area contributed by atoms with Crippen molar-refractivity contribution in [2.24, 2.45) is 17.6 Å². The highest BCUT2D eigenvalue weighted by molar-refractivity contribution is 4.70. The van der Waals surface area contributed by atoms with Crippen LogP contribution in [-0.4, -0.2) is 6.04 Å². The molecule has 0 aromatic carbocycles. The van der Waals surface area contributed by atoms with Crippen molar-refractivity contribution in [3.05, 3.63) is 0 Å². The zero-order valence-corrected chi connectivity index (χ0v) is 12.7. The normalized spacial score (nSPS) is 16.8. The van der Waals surface area contributed by atoms with Gasteiger partial charge in [-0.05, 0) is 31.1 Å². The Bertz CT molecular complexity index is 156. The molecule has 0 bridgehead atoms. The van der Waals surface area contributed by atoms with Gasteiger partial charge in [0.15, 0.2) is 0 Å². The number of hydrogen-bond donors (Lipinski definition) is 1. The maximum atomic E-state index is 6.26. The summed E-state index contributed by atoms with van der Waals surface area (Å²) in [5, 5.41) is 0. The Balaban J connectivity index is 3.49. The minimum Gasteiger partial charge on any atom is -0.327 e. The molecule has 0 heterocycles. The number of hydrogen-bond acceptors (Lipinski definition) is 1. The van der Waals surface area contributed by atoms with E-state index in [9.17, 15) is 0 Å². The molecule has 104 valence electrons. The summed E-state index contributed by atoms with van der Waals surface area (Å²) in [7, 11) is 0. The van der Waals surface area contributed by atoms with Gasteiger partial charge in [-0.25, -0.2) is 0 Å². The van der Waals surface area contributed by atoms with Crippen LogP contribution < -0.4 is 5.73 Å². The van der Waals surface area contributed by atoms with Crippen molar-refractivity contribution in [3.63, 3.8) is 0 Å². The molecule has 1 heteroatoms. The van der Waals surface area contributed by atoms with Gasteiger partial charge in [0.1, 0.15) is 0 Å². The molecule has 0 aliphatic rings. The first-order valence-electron chi connectivity index (χ1n) is 7.87. The van der Waals surface area contributed by atoms with Crippen molar-refractivity contribution in [2.45, 2.75) is 91.5 Å². The lowest BCUT2D eigenvalue weighted by atomic mass is 9.90. The third kappa shape index (κ3) is 9.64. The predicted molar refractivity (Wildman–Crippen MR) is 79.2 cm³/mol. The Morgan fingerprint density at radius 1 is 0.824 bits per heavy atom. The van der Waals surface area contributed by atoms with Crippen molar-refractivity contribution in [1.82, 2.24) is 0 Å². The van der Waals surface area contributed by atoms with Gasteiger partial charge in [0.05, 0.1) is 0 Å². The van der Waals surface area contributed by atoms with Crippen molar-refractivity contribution in [3.8, 4) is 0 Å². The van der Waals surface area contributed by atoms with Crippen LogP contribution in [0.2, 0.25) is 0 Å². The van der Waals surface area contributed by atoms with E-state index >= 15 is 0 Å². The lowest BCUT2D eigenvalue weighted by Crippen LogP contribution is -2.28. The SMILES string of the molecule is CCCCCCCC(C)[C@@H](N)CCC(C)CC. The molecule has 0 aromatic heterocycles. The molecule has 0 aliphatic carbocycles. The summed E-state index contributed by atoms with van der Waals surface area (Å²) in [6, 6.07) is 0.426. The first kappa shape index (κ1) is 17.0. The molecule has 0 saturated carbocycles. The van der Waals surface area contributed by atoms with Crippen molar-refractivity contribution < 1.29 is 0 Å². The number of unbranched alkanes of at least 4 members (excludes halogenated alkanes) is 4. The van der Waals surface area contributed by atoms with Crippen LogP contribution in [0.1, 0.15) is 85.5 Å². The Morgan fingerprint density at radius 3 is 2.06 bits per heavy atom. The average molecular weight is 241 g/mol. The van der Waals surface area contributed by atoms with Gasteiger partial charge in [0.25, 0.3) is 0 Å². The molecule has 2 unspecified atom stereocenters. The molecule has 17 heavy (non-hydrogen) atoms. The van der Waals surface area contributed by atoms with Gasteiger partial charge in [0, 0.05) is 6.04 Å². The molecule has 0 saturated heterocycles. The lowest BCUT2D eigenvalue weighted by molar-refractivity contribution is 0.357. The Labute approximate surface area is 110 Å². The Kier molecular flexibility index (Phi) is 11.0. The summed E-state index contributed by atoms with van der Waals surface area (Å²) in [4.78, 5) is 0. The minimum absolute atomic E-state index is 0.426. The summed E-state index contributed by atoms with van der Waals surface area (Å²) >= 11 is 0. The van der Waals surface area contributed by atoms with Crippen LogP contribution in [0.25, 0.3) is 0 Å². The van der Waals surface area contributed by atoms with Gasteiger partial charge >= 0.3 is 0 Å². The van der Waals surface area contributed by atoms with Crippen molar-refractivity contribution in [1.29, 1.82) is 0 Å². The van der Waals surface area contributed by atoms with E-state index in [-0.39, 0.29) is 0 Å². The standard InChI is InChI=1S/C16H35N/c1-5-7-8-9-10-11-15(4)16(17)13-12-14(3)6-2/h14-16H,5-13,17H2,1-4H3/t14?,15?,16-/m0/s1. The van der Waals surface area contributed by atoms with Crippen LogP contribution in [0.15, 0.2) is 0 Å². The fraction of sp³-hybridized carbons (Fsp3) is 1.00. The molecular formula is C16H35N. The van der Waals surface area contributed by atoms with Crippen LogP contribution in [0.3, 0.4) is 0 Å². The smallest absolute Gasteiger partial charge is 0.00646 e. The minimum atomic E-state index is 0.426. The zero-order chi connectivity index (χ0) is 13.1. The second-order valence-corrected chi connectivity index (χ2v) is 5.93. The van der Waals surface area contributed by atoms with Gasteiger partial charge in [-0.15, -0.1) is 0 Å². The van der Waals surface area contributed by atoms with Gasteiger partial charge in [0.2, 0.25) is 0 Å². The van der Waals surface area contributed by atoms with Crippen LogP contribution >= 0.6 is 0 Å². The van der Waals surface area contributed by atoms with Gasteiger partial charge < -0.3 is 5.73 Å². The average Bonchev–Trinajstić information content (AvgIpc) is 2.34. The van der Waals surface area contributed by atoms with Crippen molar-refractivity contribution in [2.75, 3.05) is 0 Å². The van der Waals surface area contributed by atoms with E-state index in [0.717, 1.165) is 5.92 Å². The van der Waals surface area contributed by atoms with Gasteiger partial charge in [-0.2, -0.15) is 0 Å². The first-order valence-corrected chi connectivity index (χ1v) is 7.87. The molecule has 0 aromatic rings. The second-order valence-electron chi connectivity index (χ2n) is 5.93. The largest absolute Gasteiger partial charge is 0.327 e. The fourth-order valence-corrected chi connectivity index (χ4v) is 2.25. The molecule has 1 nitrogen and oxygen atoms in total. The van der Waals surface area contributed by atoms with E-state index in [1.54, 1.807) is 0 Å². The molecule has 2 N–H and O–H groups in total.